The number of hydrogen-bond acceptors (Lipinski definition) is 5. The molecule has 1 saturated heterocycles. The quantitative estimate of drug-likeness (QED) is 0.609. The molecular formula is C15H27N5OS. The van der Waals surface area contributed by atoms with Gasteiger partial charge < -0.3 is 15.4 Å². The van der Waals surface area contributed by atoms with E-state index in [1.807, 2.05) is 0 Å². The van der Waals surface area contributed by atoms with E-state index in [4.69, 9.17) is 4.74 Å². The Morgan fingerprint density at radius 1 is 1.41 bits per heavy atom. The molecule has 0 unspecified atom stereocenters. The molecule has 0 amide bonds. The maximum atomic E-state index is 5.35. The lowest BCUT2D eigenvalue weighted by molar-refractivity contribution is 0.0389. The summed E-state index contributed by atoms with van der Waals surface area (Å²) >= 11 is 1.72. The van der Waals surface area contributed by atoms with Crippen LogP contribution >= 0.6 is 11.3 Å². The van der Waals surface area contributed by atoms with Gasteiger partial charge in [0, 0.05) is 44.5 Å². The molecule has 7 heteroatoms. The van der Waals surface area contributed by atoms with Gasteiger partial charge in [0.15, 0.2) is 5.96 Å². The van der Waals surface area contributed by atoms with E-state index in [1.54, 1.807) is 18.4 Å². The van der Waals surface area contributed by atoms with Crippen LogP contribution in [0.5, 0.6) is 0 Å². The fourth-order valence-corrected chi connectivity index (χ4v) is 3.06. The molecule has 2 rings (SSSR count). The molecule has 1 fully saturated rings. The first-order chi connectivity index (χ1) is 10.7. The Morgan fingerprint density at radius 2 is 2.18 bits per heavy atom. The zero-order valence-electron chi connectivity index (χ0n) is 13.8. The topological polar surface area (TPSA) is 61.8 Å². The third-order valence-corrected chi connectivity index (χ3v) is 4.74. The van der Waals surface area contributed by atoms with E-state index < -0.39 is 0 Å². The summed E-state index contributed by atoms with van der Waals surface area (Å²) in [6, 6.07) is 0. The molecule has 0 aliphatic carbocycles. The molecule has 0 radical (unpaired) electrons. The highest BCUT2D eigenvalue weighted by atomic mass is 32.1. The smallest absolute Gasteiger partial charge is 0.191 e. The van der Waals surface area contributed by atoms with E-state index in [1.165, 1.54) is 5.01 Å². The Hall–Kier alpha value is -1.18. The van der Waals surface area contributed by atoms with Crippen molar-refractivity contribution in [1.82, 2.24) is 20.5 Å². The van der Waals surface area contributed by atoms with Crippen molar-refractivity contribution in [2.45, 2.75) is 26.3 Å². The molecule has 2 heterocycles. The normalized spacial score (nSPS) is 17.0. The lowest BCUT2D eigenvalue weighted by atomic mass is 10.2. The van der Waals surface area contributed by atoms with Crippen molar-refractivity contribution >= 4 is 17.3 Å². The third-order valence-electron chi connectivity index (χ3n) is 3.55. The minimum Gasteiger partial charge on any atom is -0.379 e. The van der Waals surface area contributed by atoms with Gasteiger partial charge in [0.05, 0.1) is 30.5 Å². The first-order valence-corrected chi connectivity index (χ1v) is 8.76. The molecule has 0 aromatic carbocycles. The standard InChI is InChI=1S/C15H27N5OS/c1-12(2)14-19-13(11-22-14)10-18-15(16-3)17-4-5-20-6-8-21-9-7-20/h11-12H,4-10H2,1-3H3,(H2,16,17,18). The number of morpholine rings is 1. The van der Waals surface area contributed by atoms with Gasteiger partial charge in [-0.2, -0.15) is 0 Å². The van der Waals surface area contributed by atoms with Gasteiger partial charge in [-0.3, -0.25) is 9.89 Å². The molecule has 1 aromatic heterocycles. The number of guanidine groups is 1. The zero-order chi connectivity index (χ0) is 15.8. The lowest BCUT2D eigenvalue weighted by Crippen LogP contribution is -2.44. The van der Waals surface area contributed by atoms with E-state index in [0.29, 0.717) is 12.5 Å². The SMILES string of the molecule is CN=C(NCCN1CCOCC1)NCc1csc(C(C)C)n1. The summed E-state index contributed by atoms with van der Waals surface area (Å²) in [4.78, 5) is 11.3. The van der Waals surface area contributed by atoms with Crippen LogP contribution in [0.25, 0.3) is 0 Å². The van der Waals surface area contributed by atoms with Gasteiger partial charge in [-0.1, -0.05) is 13.8 Å². The van der Waals surface area contributed by atoms with Crippen LogP contribution in [0.15, 0.2) is 10.4 Å². The van der Waals surface area contributed by atoms with Crippen molar-refractivity contribution in [3.05, 3.63) is 16.1 Å². The molecule has 0 bridgehead atoms. The minimum atomic E-state index is 0.490. The number of aliphatic imine (C=N–C) groups is 1. The van der Waals surface area contributed by atoms with E-state index in [9.17, 15) is 0 Å². The largest absolute Gasteiger partial charge is 0.379 e. The molecule has 1 aromatic rings. The molecular weight excluding hydrogens is 298 g/mol. The average molecular weight is 325 g/mol. The number of nitrogens with one attached hydrogen (secondary N) is 2. The number of aromatic nitrogens is 1. The fraction of sp³-hybridized carbons (Fsp3) is 0.733. The predicted molar refractivity (Wildman–Crippen MR) is 91.7 cm³/mol. The van der Waals surface area contributed by atoms with E-state index in [2.05, 4.69) is 44.7 Å². The highest BCUT2D eigenvalue weighted by Crippen LogP contribution is 2.18. The molecule has 22 heavy (non-hydrogen) atoms. The summed E-state index contributed by atoms with van der Waals surface area (Å²) in [5.74, 6) is 1.32. The summed E-state index contributed by atoms with van der Waals surface area (Å²) in [6.45, 7) is 10.7. The second kappa shape index (κ2) is 9.07. The summed E-state index contributed by atoms with van der Waals surface area (Å²) in [5.41, 5.74) is 1.07. The van der Waals surface area contributed by atoms with Crippen LogP contribution in [0.4, 0.5) is 0 Å². The van der Waals surface area contributed by atoms with Gasteiger partial charge in [0.2, 0.25) is 0 Å². The van der Waals surface area contributed by atoms with Gasteiger partial charge in [-0.05, 0) is 0 Å². The Bertz CT molecular complexity index is 468. The van der Waals surface area contributed by atoms with Crippen molar-refractivity contribution in [3.63, 3.8) is 0 Å². The van der Waals surface area contributed by atoms with Crippen LogP contribution in [-0.4, -0.2) is 62.3 Å². The number of ether oxygens (including phenoxy) is 1. The Morgan fingerprint density at radius 3 is 2.82 bits per heavy atom. The second-order valence-electron chi connectivity index (χ2n) is 5.64. The van der Waals surface area contributed by atoms with Crippen molar-refractivity contribution in [3.8, 4) is 0 Å². The van der Waals surface area contributed by atoms with Crippen molar-refractivity contribution in [1.29, 1.82) is 0 Å². The maximum absolute atomic E-state index is 5.35. The molecule has 0 spiro atoms. The summed E-state index contributed by atoms with van der Waals surface area (Å²) < 4.78 is 5.35. The van der Waals surface area contributed by atoms with Crippen LogP contribution in [0, 0.1) is 0 Å². The van der Waals surface area contributed by atoms with E-state index in [0.717, 1.165) is 51.0 Å². The van der Waals surface area contributed by atoms with Gasteiger partial charge in [-0.25, -0.2) is 4.98 Å². The van der Waals surface area contributed by atoms with Crippen LogP contribution in [0.1, 0.15) is 30.5 Å². The van der Waals surface area contributed by atoms with Gasteiger partial charge in [-0.15, -0.1) is 11.3 Å². The molecule has 2 N–H and O–H groups in total. The van der Waals surface area contributed by atoms with Gasteiger partial charge >= 0.3 is 0 Å². The zero-order valence-corrected chi connectivity index (χ0v) is 14.6. The monoisotopic (exact) mass is 325 g/mol. The molecule has 0 saturated carbocycles. The third kappa shape index (κ3) is 5.55. The number of hydrogen-bond donors (Lipinski definition) is 2. The van der Waals surface area contributed by atoms with Crippen molar-refractivity contribution < 1.29 is 4.74 Å². The number of rotatable bonds is 6. The van der Waals surface area contributed by atoms with Gasteiger partial charge in [0.1, 0.15) is 0 Å². The van der Waals surface area contributed by atoms with Crippen LogP contribution in [0.3, 0.4) is 0 Å². The molecule has 0 atom stereocenters. The first kappa shape index (κ1) is 17.2. The second-order valence-corrected chi connectivity index (χ2v) is 6.53. The highest BCUT2D eigenvalue weighted by molar-refractivity contribution is 7.09. The maximum Gasteiger partial charge on any atom is 0.191 e. The highest BCUT2D eigenvalue weighted by Gasteiger charge is 2.10. The van der Waals surface area contributed by atoms with Crippen LogP contribution < -0.4 is 10.6 Å². The molecule has 124 valence electrons. The average Bonchev–Trinajstić information content (AvgIpc) is 3.01. The number of nitrogens with zero attached hydrogens (tertiary/aromatic N) is 3. The minimum absolute atomic E-state index is 0.490. The fourth-order valence-electron chi connectivity index (χ4n) is 2.22. The van der Waals surface area contributed by atoms with Crippen molar-refractivity contribution in [2.75, 3.05) is 46.4 Å². The Kier molecular flexibility index (Phi) is 7.08. The first-order valence-electron chi connectivity index (χ1n) is 7.88. The predicted octanol–water partition coefficient (Wildman–Crippen LogP) is 1.26. The summed E-state index contributed by atoms with van der Waals surface area (Å²) in [7, 11) is 1.80. The lowest BCUT2D eigenvalue weighted by Gasteiger charge is -2.26. The van der Waals surface area contributed by atoms with E-state index >= 15 is 0 Å². The summed E-state index contributed by atoms with van der Waals surface area (Å²) in [6.07, 6.45) is 0. The van der Waals surface area contributed by atoms with Gasteiger partial charge in [0.25, 0.3) is 0 Å². The summed E-state index contributed by atoms with van der Waals surface area (Å²) in [5, 5.41) is 9.97. The molecule has 1 aliphatic heterocycles. The molecule has 6 nitrogen and oxygen atoms in total. The molecule has 1 aliphatic rings. The van der Waals surface area contributed by atoms with Crippen LogP contribution in [-0.2, 0) is 11.3 Å². The number of thiazole rings is 1. The Balaban J connectivity index is 1.68. The van der Waals surface area contributed by atoms with Crippen molar-refractivity contribution in [2.24, 2.45) is 4.99 Å². The van der Waals surface area contributed by atoms with Crippen LogP contribution in [0.2, 0.25) is 0 Å². The Labute approximate surface area is 137 Å². The van der Waals surface area contributed by atoms with E-state index in [-0.39, 0.29) is 0 Å².